The second kappa shape index (κ2) is 7.56. The van der Waals surface area contributed by atoms with Crippen LogP contribution < -0.4 is 10.6 Å². The number of hydrogen-bond acceptors (Lipinski definition) is 4. The average molecular weight is 277 g/mol. The van der Waals surface area contributed by atoms with Crippen molar-refractivity contribution >= 4 is 23.5 Å². The van der Waals surface area contributed by atoms with Gasteiger partial charge in [0.1, 0.15) is 0 Å². The number of carbonyl (C=O) groups is 2. The van der Waals surface area contributed by atoms with E-state index in [4.69, 9.17) is 11.6 Å². The van der Waals surface area contributed by atoms with Gasteiger partial charge in [-0.2, -0.15) is 0 Å². The molecule has 18 heavy (non-hydrogen) atoms. The third-order valence-electron chi connectivity index (χ3n) is 3.05. The summed E-state index contributed by atoms with van der Waals surface area (Å²) in [4.78, 5) is 27.0. The molecule has 0 spiro atoms. The fourth-order valence-electron chi connectivity index (χ4n) is 1.85. The van der Waals surface area contributed by atoms with Crippen LogP contribution in [0.25, 0.3) is 0 Å². The number of likely N-dealkylation sites (N-methyl/N-ethyl adjacent to an activating group) is 2. The molecule has 1 unspecified atom stereocenters. The highest BCUT2D eigenvalue weighted by atomic mass is 35.5. The van der Waals surface area contributed by atoms with Crippen molar-refractivity contribution in [2.45, 2.75) is 12.5 Å². The van der Waals surface area contributed by atoms with Crippen molar-refractivity contribution in [3.8, 4) is 0 Å². The van der Waals surface area contributed by atoms with Crippen molar-refractivity contribution in [2.24, 2.45) is 0 Å². The second-order valence-electron chi connectivity index (χ2n) is 4.59. The Hall–Kier alpha value is -0.850. The summed E-state index contributed by atoms with van der Waals surface area (Å²) in [5, 5.41) is 4.95. The summed E-state index contributed by atoms with van der Waals surface area (Å²) < 4.78 is 0. The molecule has 1 heterocycles. The van der Waals surface area contributed by atoms with Gasteiger partial charge in [0, 0.05) is 44.5 Å². The molecule has 1 atom stereocenters. The van der Waals surface area contributed by atoms with Gasteiger partial charge in [-0.25, -0.2) is 4.79 Å². The molecule has 0 aliphatic carbocycles. The lowest BCUT2D eigenvalue weighted by molar-refractivity contribution is -0.119. The standard InChI is InChI=1S/C11H21ClN4O2/c1-15-5-6-16(2)9(8-15)7-13-11(18)14-10(17)3-4-12/h9H,3-8H2,1-2H3,(H2,13,14,17,18). The molecule has 0 saturated carbocycles. The van der Waals surface area contributed by atoms with Crippen LogP contribution in [-0.2, 0) is 4.79 Å². The Labute approximate surface area is 113 Å². The van der Waals surface area contributed by atoms with Gasteiger partial charge in [-0.05, 0) is 14.1 Å². The van der Waals surface area contributed by atoms with Gasteiger partial charge in [0.25, 0.3) is 0 Å². The van der Waals surface area contributed by atoms with E-state index in [9.17, 15) is 9.59 Å². The normalized spacial score (nSPS) is 21.6. The molecule has 1 aliphatic heterocycles. The summed E-state index contributed by atoms with van der Waals surface area (Å²) in [6.45, 7) is 3.45. The zero-order valence-corrected chi connectivity index (χ0v) is 11.7. The predicted molar refractivity (Wildman–Crippen MR) is 70.8 cm³/mol. The van der Waals surface area contributed by atoms with Crippen LogP contribution in [-0.4, -0.2) is 73.9 Å². The molecule has 0 aromatic rings. The highest BCUT2D eigenvalue weighted by Crippen LogP contribution is 2.04. The number of urea groups is 1. The fourth-order valence-corrected chi connectivity index (χ4v) is 2.02. The van der Waals surface area contributed by atoms with Gasteiger partial charge >= 0.3 is 6.03 Å². The van der Waals surface area contributed by atoms with E-state index in [2.05, 4.69) is 27.5 Å². The van der Waals surface area contributed by atoms with Crippen molar-refractivity contribution in [1.82, 2.24) is 20.4 Å². The van der Waals surface area contributed by atoms with E-state index in [0.29, 0.717) is 6.54 Å². The Kier molecular flexibility index (Phi) is 6.38. The molecule has 1 rings (SSSR count). The maximum absolute atomic E-state index is 11.4. The number of imide groups is 1. The van der Waals surface area contributed by atoms with E-state index >= 15 is 0 Å². The topological polar surface area (TPSA) is 64.7 Å². The van der Waals surface area contributed by atoms with Gasteiger partial charge in [0.05, 0.1) is 0 Å². The first-order valence-electron chi connectivity index (χ1n) is 6.05. The molecule has 104 valence electrons. The molecule has 0 aromatic carbocycles. The first kappa shape index (κ1) is 15.2. The maximum Gasteiger partial charge on any atom is 0.321 e. The van der Waals surface area contributed by atoms with E-state index in [-0.39, 0.29) is 24.2 Å². The Bertz CT molecular complexity index is 301. The molecular formula is C11H21ClN4O2. The minimum Gasteiger partial charge on any atom is -0.336 e. The lowest BCUT2D eigenvalue weighted by atomic mass is 10.2. The summed E-state index contributed by atoms with van der Waals surface area (Å²) in [6, 6.07) is -0.177. The number of hydrogen-bond donors (Lipinski definition) is 2. The lowest BCUT2D eigenvalue weighted by Gasteiger charge is -2.37. The Balaban J connectivity index is 2.26. The van der Waals surface area contributed by atoms with Crippen LogP contribution in [0.5, 0.6) is 0 Å². The van der Waals surface area contributed by atoms with Gasteiger partial charge in [-0.15, -0.1) is 11.6 Å². The molecule has 2 N–H and O–H groups in total. The second-order valence-corrected chi connectivity index (χ2v) is 4.97. The van der Waals surface area contributed by atoms with Gasteiger partial charge < -0.3 is 10.2 Å². The number of carbonyl (C=O) groups excluding carboxylic acids is 2. The summed E-state index contributed by atoms with van der Waals surface area (Å²) >= 11 is 5.41. The molecule has 1 fully saturated rings. The van der Waals surface area contributed by atoms with Crippen LogP contribution in [0.3, 0.4) is 0 Å². The Morgan fingerprint density at radius 1 is 1.33 bits per heavy atom. The first-order valence-corrected chi connectivity index (χ1v) is 6.58. The van der Waals surface area contributed by atoms with Crippen LogP contribution in [0.1, 0.15) is 6.42 Å². The molecule has 3 amide bonds. The fraction of sp³-hybridized carbons (Fsp3) is 0.818. The Morgan fingerprint density at radius 2 is 2.06 bits per heavy atom. The smallest absolute Gasteiger partial charge is 0.321 e. The van der Waals surface area contributed by atoms with Crippen LogP contribution in [0, 0.1) is 0 Å². The van der Waals surface area contributed by atoms with Gasteiger partial charge in [0.15, 0.2) is 0 Å². The first-order chi connectivity index (χ1) is 8.52. The number of amides is 3. The molecule has 6 nitrogen and oxygen atoms in total. The molecule has 7 heteroatoms. The number of rotatable bonds is 4. The van der Waals surface area contributed by atoms with Gasteiger partial charge in [-0.3, -0.25) is 15.0 Å². The minimum absolute atomic E-state index is 0.154. The summed E-state index contributed by atoms with van der Waals surface area (Å²) in [7, 11) is 4.10. The summed E-state index contributed by atoms with van der Waals surface area (Å²) in [5.41, 5.74) is 0. The van der Waals surface area contributed by atoms with Crippen molar-refractivity contribution in [2.75, 3.05) is 46.2 Å². The number of alkyl halides is 1. The van der Waals surface area contributed by atoms with E-state index < -0.39 is 6.03 Å². The van der Waals surface area contributed by atoms with Crippen LogP contribution in [0.4, 0.5) is 4.79 Å². The monoisotopic (exact) mass is 276 g/mol. The van der Waals surface area contributed by atoms with Crippen LogP contribution >= 0.6 is 11.6 Å². The number of nitrogens with one attached hydrogen (secondary N) is 2. The van der Waals surface area contributed by atoms with Gasteiger partial charge in [-0.1, -0.05) is 0 Å². The predicted octanol–water partition coefficient (Wildman–Crippen LogP) is -0.313. The molecule has 0 bridgehead atoms. The van der Waals surface area contributed by atoms with Crippen molar-refractivity contribution in [3.63, 3.8) is 0 Å². The van der Waals surface area contributed by atoms with Crippen molar-refractivity contribution < 1.29 is 9.59 Å². The number of nitrogens with zero attached hydrogens (tertiary/aromatic N) is 2. The van der Waals surface area contributed by atoms with Crippen LogP contribution in [0.15, 0.2) is 0 Å². The summed E-state index contributed by atoms with van der Waals surface area (Å²) in [5.74, 6) is -0.133. The number of halogens is 1. The molecular weight excluding hydrogens is 256 g/mol. The van der Waals surface area contributed by atoms with Gasteiger partial charge in [0.2, 0.25) is 5.91 Å². The third kappa shape index (κ3) is 5.20. The molecule has 1 aliphatic rings. The minimum atomic E-state index is -0.452. The zero-order chi connectivity index (χ0) is 13.5. The Morgan fingerprint density at radius 3 is 2.72 bits per heavy atom. The number of piperazine rings is 1. The van der Waals surface area contributed by atoms with Crippen molar-refractivity contribution in [3.05, 3.63) is 0 Å². The summed E-state index contributed by atoms with van der Waals surface area (Å²) in [6.07, 6.45) is 0.154. The molecule has 0 radical (unpaired) electrons. The zero-order valence-electron chi connectivity index (χ0n) is 10.9. The van der Waals surface area contributed by atoms with Crippen molar-refractivity contribution in [1.29, 1.82) is 0 Å². The van der Waals surface area contributed by atoms with E-state index in [0.717, 1.165) is 19.6 Å². The van der Waals surface area contributed by atoms with Crippen LogP contribution in [0.2, 0.25) is 0 Å². The highest BCUT2D eigenvalue weighted by Gasteiger charge is 2.22. The average Bonchev–Trinajstić information content (AvgIpc) is 2.30. The van der Waals surface area contributed by atoms with E-state index in [1.807, 2.05) is 7.05 Å². The largest absolute Gasteiger partial charge is 0.336 e. The molecule has 1 saturated heterocycles. The maximum atomic E-state index is 11.4. The van der Waals surface area contributed by atoms with E-state index in [1.165, 1.54) is 0 Å². The quantitative estimate of drug-likeness (QED) is 0.691. The lowest BCUT2D eigenvalue weighted by Crippen LogP contribution is -2.55. The highest BCUT2D eigenvalue weighted by molar-refractivity contribution is 6.19. The van der Waals surface area contributed by atoms with E-state index in [1.54, 1.807) is 0 Å². The SMILES string of the molecule is CN1CCN(C)C(CNC(=O)NC(=O)CCCl)C1. The third-order valence-corrected chi connectivity index (χ3v) is 3.24. The molecule has 0 aromatic heterocycles.